The second kappa shape index (κ2) is 9.21. The summed E-state index contributed by atoms with van der Waals surface area (Å²) < 4.78 is 8.48. The van der Waals surface area contributed by atoms with Gasteiger partial charge >= 0.3 is 5.97 Å². The third-order valence-electron chi connectivity index (χ3n) is 4.75. The van der Waals surface area contributed by atoms with Gasteiger partial charge in [0.15, 0.2) is 0 Å². The molecule has 3 rings (SSSR count). The van der Waals surface area contributed by atoms with Crippen LogP contribution in [0.1, 0.15) is 11.1 Å². The molecule has 0 amide bonds. The summed E-state index contributed by atoms with van der Waals surface area (Å²) in [4.78, 5) is 27.9. The lowest BCUT2D eigenvalue weighted by atomic mass is 10.2. The van der Waals surface area contributed by atoms with Crippen molar-refractivity contribution in [3.05, 3.63) is 51.9 Å². The average Bonchev–Trinajstić information content (AvgIpc) is 2.98. The molecule has 2 heterocycles. The number of benzene rings is 1. The van der Waals surface area contributed by atoms with Crippen molar-refractivity contribution in [3.63, 3.8) is 0 Å². The maximum absolute atomic E-state index is 12.0. The molecule has 0 aliphatic rings. The second-order valence-corrected chi connectivity index (χ2v) is 6.87. The molecule has 1 aromatic carbocycles. The molecule has 0 fully saturated rings. The van der Waals surface area contributed by atoms with Crippen LogP contribution in [-0.4, -0.2) is 45.0 Å². The van der Waals surface area contributed by atoms with E-state index in [-0.39, 0.29) is 24.6 Å². The van der Waals surface area contributed by atoms with E-state index in [0.717, 1.165) is 28.0 Å². The summed E-state index contributed by atoms with van der Waals surface area (Å²) in [6, 6.07) is 6.91. The van der Waals surface area contributed by atoms with Crippen molar-refractivity contribution in [2.75, 3.05) is 13.7 Å². The molecule has 0 aliphatic heterocycles. The lowest BCUT2D eigenvalue weighted by molar-refractivity contribution is -0.140. The Balaban J connectivity index is 0.00000300. The van der Waals surface area contributed by atoms with Crippen molar-refractivity contribution in [2.45, 2.75) is 19.5 Å². The molecule has 0 spiro atoms. The highest BCUT2D eigenvalue weighted by atomic mass is 35.5. The minimum absolute atomic E-state index is 0. The molecule has 3 aromatic rings. The van der Waals surface area contributed by atoms with Gasteiger partial charge in [0.1, 0.15) is 11.9 Å². The number of nitrogens with zero attached hydrogens (tertiary/aromatic N) is 3. The van der Waals surface area contributed by atoms with Gasteiger partial charge in [0.05, 0.1) is 17.6 Å². The molecule has 8 nitrogen and oxygen atoms in total. The molecule has 156 valence electrons. The number of carboxylic acid groups (broad SMARTS) is 1. The monoisotopic (exact) mass is 420 g/mol. The first-order chi connectivity index (χ1) is 13.3. The predicted octanol–water partition coefficient (Wildman–Crippen LogP) is 1.86. The number of nitrogens with one attached hydrogen (secondary N) is 1. The van der Waals surface area contributed by atoms with Gasteiger partial charge in [-0.15, -0.1) is 12.4 Å². The number of methoxy groups -OCH3 is 1. The molecule has 0 aliphatic carbocycles. The van der Waals surface area contributed by atoms with Gasteiger partial charge in [-0.25, -0.2) is 4.98 Å². The standard InChI is InChI=1S/C20H24N4O4.ClH/c1-12-7-14(10-23(2)19(12)25)18-22-15-8-13(5-6-17(15)24(18)3)9-21-16(11-28-4)20(26)27;/h5-8,10,16,21H,9,11H2,1-4H3,(H,26,27);1H/t16-;/m0./s1. The molecule has 0 saturated heterocycles. The Kier molecular flexibility index (Phi) is 7.18. The topological polar surface area (TPSA) is 98.4 Å². The number of hydrogen-bond donors (Lipinski definition) is 2. The molecule has 0 saturated carbocycles. The largest absolute Gasteiger partial charge is 0.480 e. The first-order valence-electron chi connectivity index (χ1n) is 8.90. The Hall–Kier alpha value is -2.68. The number of rotatable bonds is 7. The highest BCUT2D eigenvalue weighted by Gasteiger charge is 2.17. The molecular formula is C20H25ClN4O4. The lowest BCUT2D eigenvalue weighted by Crippen LogP contribution is -2.39. The maximum atomic E-state index is 12.0. The third-order valence-corrected chi connectivity index (χ3v) is 4.75. The van der Waals surface area contributed by atoms with E-state index in [4.69, 9.17) is 9.72 Å². The van der Waals surface area contributed by atoms with Gasteiger partial charge < -0.3 is 19.0 Å². The van der Waals surface area contributed by atoms with Crippen LogP contribution in [0, 0.1) is 6.92 Å². The van der Waals surface area contributed by atoms with Crippen molar-refractivity contribution in [1.82, 2.24) is 19.4 Å². The summed E-state index contributed by atoms with van der Waals surface area (Å²) in [5.41, 5.74) is 4.19. The van der Waals surface area contributed by atoms with Crippen LogP contribution in [0.25, 0.3) is 22.4 Å². The number of aromatic nitrogens is 3. The molecule has 0 bridgehead atoms. The van der Waals surface area contributed by atoms with Crippen LogP contribution in [0.15, 0.2) is 35.3 Å². The zero-order valence-electron chi connectivity index (χ0n) is 16.8. The lowest BCUT2D eigenvalue weighted by Gasteiger charge is -2.13. The number of aryl methyl sites for hydroxylation is 3. The minimum atomic E-state index is -0.951. The first-order valence-corrected chi connectivity index (χ1v) is 8.90. The quantitative estimate of drug-likeness (QED) is 0.605. The maximum Gasteiger partial charge on any atom is 0.323 e. The summed E-state index contributed by atoms with van der Waals surface area (Å²) in [6.45, 7) is 2.27. The predicted molar refractivity (Wildman–Crippen MR) is 114 cm³/mol. The van der Waals surface area contributed by atoms with Gasteiger partial charge in [0.25, 0.3) is 5.56 Å². The van der Waals surface area contributed by atoms with Gasteiger partial charge in [-0.2, -0.15) is 0 Å². The van der Waals surface area contributed by atoms with E-state index < -0.39 is 12.0 Å². The van der Waals surface area contributed by atoms with E-state index in [1.54, 1.807) is 24.7 Å². The second-order valence-electron chi connectivity index (χ2n) is 6.87. The minimum Gasteiger partial charge on any atom is -0.480 e. The van der Waals surface area contributed by atoms with Crippen LogP contribution in [0.5, 0.6) is 0 Å². The van der Waals surface area contributed by atoms with E-state index in [1.165, 1.54) is 7.11 Å². The summed E-state index contributed by atoms with van der Waals surface area (Å²) in [5, 5.41) is 12.2. The van der Waals surface area contributed by atoms with E-state index in [1.807, 2.05) is 35.9 Å². The van der Waals surface area contributed by atoms with Crippen LogP contribution in [0.2, 0.25) is 0 Å². The number of carboxylic acids is 1. The van der Waals surface area contributed by atoms with Gasteiger partial charge in [0.2, 0.25) is 0 Å². The summed E-state index contributed by atoms with van der Waals surface area (Å²) in [7, 11) is 5.13. The zero-order valence-corrected chi connectivity index (χ0v) is 17.6. The molecule has 0 unspecified atom stereocenters. The van der Waals surface area contributed by atoms with Gasteiger partial charge in [0, 0.05) is 45.1 Å². The Morgan fingerprint density at radius 3 is 2.66 bits per heavy atom. The summed E-state index contributed by atoms with van der Waals surface area (Å²) in [6.07, 6.45) is 1.78. The fraction of sp³-hybridized carbons (Fsp3) is 0.350. The molecule has 29 heavy (non-hydrogen) atoms. The Bertz CT molecular complexity index is 1060. The fourth-order valence-electron chi connectivity index (χ4n) is 3.24. The number of aliphatic carboxylic acids is 1. The summed E-state index contributed by atoms with van der Waals surface area (Å²) in [5.74, 6) is -0.185. The van der Waals surface area contributed by atoms with Crippen LogP contribution in [0.4, 0.5) is 0 Å². The van der Waals surface area contributed by atoms with E-state index in [9.17, 15) is 14.7 Å². The number of fused-ring (bicyclic) bond motifs is 1. The average molecular weight is 421 g/mol. The van der Waals surface area contributed by atoms with Crippen molar-refractivity contribution in [2.24, 2.45) is 14.1 Å². The van der Waals surface area contributed by atoms with Gasteiger partial charge in [-0.05, 0) is 30.7 Å². The molecule has 0 radical (unpaired) electrons. The molecule has 2 N–H and O–H groups in total. The number of hydrogen-bond acceptors (Lipinski definition) is 5. The number of halogens is 1. The van der Waals surface area contributed by atoms with Crippen LogP contribution in [0.3, 0.4) is 0 Å². The molecule has 9 heteroatoms. The Morgan fingerprint density at radius 1 is 1.31 bits per heavy atom. The van der Waals surface area contributed by atoms with Crippen molar-refractivity contribution >= 4 is 29.4 Å². The summed E-state index contributed by atoms with van der Waals surface area (Å²) >= 11 is 0. The highest BCUT2D eigenvalue weighted by molar-refractivity contribution is 5.85. The fourth-order valence-corrected chi connectivity index (χ4v) is 3.24. The first kappa shape index (κ1) is 22.6. The van der Waals surface area contributed by atoms with Gasteiger partial charge in [-0.3, -0.25) is 14.9 Å². The molecular weight excluding hydrogens is 396 g/mol. The zero-order chi connectivity index (χ0) is 20.4. The van der Waals surface area contributed by atoms with Crippen LogP contribution in [-0.2, 0) is 30.2 Å². The normalized spacial score (nSPS) is 12.0. The highest BCUT2D eigenvalue weighted by Crippen LogP contribution is 2.24. The van der Waals surface area contributed by atoms with Crippen LogP contribution < -0.4 is 10.9 Å². The SMILES string of the molecule is COC[C@H](NCc1ccc2c(c1)nc(-c1cc(C)c(=O)n(C)c1)n2C)C(=O)O.Cl. The van der Waals surface area contributed by atoms with Crippen molar-refractivity contribution < 1.29 is 14.6 Å². The van der Waals surface area contributed by atoms with Crippen molar-refractivity contribution in [1.29, 1.82) is 0 Å². The van der Waals surface area contributed by atoms with Crippen LogP contribution >= 0.6 is 12.4 Å². The van der Waals surface area contributed by atoms with E-state index >= 15 is 0 Å². The number of imidazole rings is 1. The third kappa shape index (κ3) is 4.67. The van der Waals surface area contributed by atoms with E-state index in [2.05, 4.69) is 5.32 Å². The Labute approximate surface area is 174 Å². The van der Waals surface area contributed by atoms with Crippen molar-refractivity contribution in [3.8, 4) is 11.4 Å². The Morgan fingerprint density at radius 2 is 2.03 bits per heavy atom. The number of pyridine rings is 1. The number of carbonyl (C=O) groups is 1. The van der Waals surface area contributed by atoms with E-state index in [0.29, 0.717) is 12.1 Å². The number of ether oxygens (including phenoxy) is 1. The van der Waals surface area contributed by atoms with Gasteiger partial charge in [-0.1, -0.05) is 6.07 Å². The smallest absolute Gasteiger partial charge is 0.323 e. The molecule has 1 atom stereocenters. The molecule has 2 aromatic heterocycles.